The number of nitrogens with one attached hydrogen (secondary N) is 1. The number of carbonyl (C=O) groups is 2. The second-order valence-corrected chi connectivity index (χ2v) is 6.78. The monoisotopic (exact) mass is 345 g/mol. The molecular formula is C19H27N3O3. The van der Waals surface area contributed by atoms with Gasteiger partial charge in [0.25, 0.3) is 0 Å². The van der Waals surface area contributed by atoms with Gasteiger partial charge in [-0.15, -0.1) is 0 Å². The van der Waals surface area contributed by atoms with Gasteiger partial charge in [0.1, 0.15) is 5.75 Å². The Balaban J connectivity index is 1.51. The van der Waals surface area contributed by atoms with Gasteiger partial charge in [0, 0.05) is 32.1 Å². The first-order valence-corrected chi connectivity index (χ1v) is 9.17. The number of para-hydroxylation sites is 2. The molecule has 0 saturated carbocycles. The number of hydrogen-bond acceptors (Lipinski definition) is 3. The predicted octanol–water partition coefficient (Wildman–Crippen LogP) is 2.95. The van der Waals surface area contributed by atoms with Gasteiger partial charge in [-0.3, -0.25) is 4.79 Å². The molecule has 3 rings (SSSR count). The van der Waals surface area contributed by atoms with Gasteiger partial charge in [-0.25, -0.2) is 4.79 Å². The highest BCUT2D eigenvalue weighted by molar-refractivity contribution is 5.91. The quantitative estimate of drug-likeness (QED) is 0.916. The summed E-state index contributed by atoms with van der Waals surface area (Å²) in [5, 5.41) is 2.91. The minimum atomic E-state index is -0.131. The van der Waals surface area contributed by atoms with Gasteiger partial charge in [-0.2, -0.15) is 0 Å². The fourth-order valence-corrected chi connectivity index (χ4v) is 3.64. The number of carbonyl (C=O) groups excluding carboxylic acids is 2. The zero-order valence-corrected chi connectivity index (χ0v) is 14.9. The van der Waals surface area contributed by atoms with E-state index in [0.29, 0.717) is 24.5 Å². The highest BCUT2D eigenvalue weighted by atomic mass is 16.5. The van der Waals surface area contributed by atoms with Crippen LogP contribution in [0.25, 0.3) is 0 Å². The second kappa shape index (κ2) is 8.23. The Morgan fingerprint density at radius 2 is 1.68 bits per heavy atom. The van der Waals surface area contributed by atoms with Crippen molar-refractivity contribution >= 4 is 17.6 Å². The molecule has 1 N–H and O–H groups in total. The predicted molar refractivity (Wildman–Crippen MR) is 96.7 cm³/mol. The molecule has 1 aromatic rings. The Labute approximate surface area is 149 Å². The van der Waals surface area contributed by atoms with Gasteiger partial charge in [-0.05, 0) is 44.2 Å². The van der Waals surface area contributed by atoms with Gasteiger partial charge >= 0.3 is 6.03 Å². The summed E-state index contributed by atoms with van der Waals surface area (Å²) in [7, 11) is 1.59. The van der Waals surface area contributed by atoms with E-state index in [1.807, 2.05) is 29.2 Å². The average Bonchev–Trinajstić information content (AvgIpc) is 2.68. The number of anilines is 1. The lowest BCUT2D eigenvalue weighted by molar-refractivity contribution is -0.137. The number of likely N-dealkylation sites (tertiary alicyclic amines) is 2. The van der Waals surface area contributed by atoms with Crippen molar-refractivity contribution < 1.29 is 14.3 Å². The maximum Gasteiger partial charge on any atom is 0.321 e. The minimum Gasteiger partial charge on any atom is -0.495 e. The number of ether oxygens (including phenoxy) is 1. The van der Waals surface area contributed by atoms with Crippen LogP contribution in [0.1, 0.15) is 32.1 Å². The van der Waals surface area contributed by atoms with Gasteiger partial charge in [0.05, 0.1) is 12.8 Å². The lowest BCUT2D eigenvalue weighted by Crippen LogP contribution is -2.46. The summed E-state index contributed by atoms with van der Waals surface area (Å²) in [5.74, 6) is 0.990. The van der Waals surface area contributed by atoms with Crippen molar-refractivity contribution in [3.8, 4) is 5.75 Å². The van der Waals surface area contributed by atoms with E-state index in [2.05, 4.69) is 5.32 Å². The molecule has 2 fully saturated rings. The summed E-state index contributed by atoms with van der Waals surface area (Å²) in [5.41, 5.74) is 0.668. The summed E-state index contributed by atoms with van der Waals surface area (Å²) in [6, 6.07) is 7.24. The highest BCUT2D eigenvalue weighted by Gasteiger charge is 2.30. The molecule has 2 heterocycles. The van der Waals surface area contributed by atoms with E-state index in [1.54, 1.807) is 12.0 Å². The molecule has 0 aromatic heterocycles. The topological polar surface area (TPSA) is 61.9 Å². The number of hydrogen-bond donors (Lipinski definition) is 1. The Morgan fingerprint density at radius 1 is 1.00 bits per heavy atom. The zero-order chi connectivity index (χ0) is 17.6. The molecule has 0 radical (unpaired) electrons. The number of methoxy groups -OCH3 is 1. The summed E-state index contributed by atoms with van der Waals surface area (Å²) in [6.07, 6.45) is 4.95. The maximum atomic E-state index is 12.6. The van der Waals surface area contributed by atoms with E-state index in [9.17, 15) is 9.59 Å². The molecule has 2 aliphatic heterocycles. The Kier molecular flexibility index (Phi) is 5.79. The third-order valence-electron chi connectivity index (χ3n) is 5.15. The minimum absolute atomic E-state index is 0.0633. The van der Waals surface area contributed by atoms with E-state index in [1.165, 1.54) is 6.42 Å². The van der Waals surface area contributed by atoms with Crippen molar-refractivity contribution in [1.82, 2.24) is 9.80 Å². The highest BCUT2D eigenvalue weighted by Crippen LogP contribution is 2.25. The third-order valence-corrected chi connectivity index (χ3v) is 5.15. The van der Waals surface area contributed by atoms with Crippen LogP contribution in [0, 0.1) is 5.92 Å². The van der Waals surface area contributed by atoms with E-state index in [4.69, 9.17) is 4.74 Å². The van der Waals surface area contributed by atoms with Crippen LogP contribution >= 0.6 is 0 Å². The second-order valence-electron chi connectivity index (χ2n) is 6.78. The van der Waals surface area contributed by atoms with Gasteiger partial charge in [0.15, 0.2) is 0 Å². The maximum absolute atomic E-state index is 12.6. The van der Waals surface area contributed by atoms with Crippen LogP contribution in [0.5, 0.6) is 5.75 Å². The number of piperidine rings is 2. The third kappa shape index (κ3) is 4.24. The first kappa shape index (κ1) is 17.6. The van der Waals surface area contributed by atoms with Crippen LogP contribution in [-0.2, 0) is 4.79 Å². The van der Waals surface area contributed by atoms with Crippen LogP contribution in [0.3, 0.4) is 0 Å². The number of urea groups is 1. The Morgan fingerprint density at radius 3 is 2.36 bits per heavy atom. The molecule has 0 aliphatic carbocycles. The van der Waals surface area contributed by atoms with Gasteiger partial charge in [0.2, 0.25) is 5.91 Å². The number of nitrogens with zero attached hydrogens (tertiary/aromatic N) is 2. The molecule has 6 nitrogen and oxygen atoms in total. The molecule has 136 valence electrons. The number of benzene rings is 1. The van der Waals surface area contributed by atoms with Crippen LogP contribution in [0.4, 0.5) is 10.5 Å². The summed E-state index contributed by atoms with van der Waals surface area (Å²) in [4.78, 5) is 28.9. The number of rotatable bonds is 3. The molecule has 3 amide bonds. The van der Waals surface area contributed by atoms with Crippen molar-refractivity contribution in [2.24, 2.45) is 5.92 Å². The van der Waals surface area contributed by atoms with Crippen LogP contribution in [0.15, 0.2) is 24.3 Å². The van der Waals surface area contributed by atoms with Crippen molar-refractivity contribution in [2.45, 2.75) is 32.1 Å². The SMILES string of the molecule is COc1ccccc1NC(=O)N1CCC(C(=O)N2CCCCC2)CC1. The van der Waals surface area contributed by atoms with Gasteiger partial charge in [-0.1, -0.05) is 12.1 Å². The standard InChI is InChI=1S/C19H27N3O3/c1-25-17-8-4-3-7-16(17)20-19(24)22-13-9-15(10-14-22)18(23)21-11-5-2-6-12-21/h3-4,7-8,15H,2,5-6,9-14H2,1H3,(H,20,24). The van der Waals surface area contributed by atoms with E-state index in [-0.39, 0.29) is 17.9 Å². The summed E-state index contributed by atoms with van der Waals surface area (Å²) < 4.78 is 5.27. The summed E-state index contributed by atoms with van der Waals surface area (Å²) in [6.45, 7) is 3.02. The smallest absolute Gasteiger partial charge is 0.321 e. The Hall–Kier alpha value is -2.24. The molecule has 0 atom stereocenters. The van der Waals surface area contributed by atoms with Crippen molar-refractivity contribution in [2.75, 3.05) is 38.6 Å². The lowest BCUT2D eigenvalue weighted by Gasteiger charge is -2.35. The fraction of sp³-hybridized carbons (Fsp3) is 0.579. The first-order valence-electron chi connectivity index (χ1n) is 9.17. The molecule has 2 saturated heterocycles. The largest absolute Gasteiger partial charge is 0.495 e. The lowest BCUT2D eigenvalue weighted by atomic mass is 9.94. The Bertz CT molecular complexity index is 606. The average molecular weight is 345 g/mol. The van der Waals surface area contributed by atoms with E-state index < -0.39 is 0 Å². The normalized spacial score (nSPS) is 18.8. The molecule has 25 heavy (non-hydrogen) atoms. The van der Waals surface area contributed by atoms with Crippen LogP contribution in [0.2, 0.25) is 0 Å². The first-order chi connectivity index (χ1) is 12.2. The fourth-order valence-electron chi connectivity index (χ4n) is 3.64. The van der Waals surface area contributed by atoms with Crippen molar-refractivity contribution in [3.63, 3.8) is 0 Å². The van der Waals surface area contributed by atoms with Crippen LogP contribution in [-0.4, -0.2) is 55.0 Å². The molecule has 1 aromatic carbocycles. The van der Waals surface area contributed by atoms with E-state index in [0.717, 1.165) is 38.8 Å². The molecule has 2 aliphatic rings. The van der Waals surface area contributed by atoms with Crippen molar-refractivity contribution in [3.05, 3.63) is 24.3 Å². The molecular weight excluding hydrogens is 318 g/mol. The number of amides is 3. The van der Waals surface area contributed by atoms with E-state index >= 15 is 0 Å². The summed E-state index contributed by atoms with van der Waals surface area (Å²) >= 11 is 0. The molecule has 6 heteroatoms. The van der Waals surface area contributed by atoms with Crippen LogP contribution < -0.4 is 10.1 Å². The molecule has 0 bridgehead atoms. The van der Waals surface area contributed by atoms with Gasteiger partial charge < -0.3 is 19.9 Å². The molecule has 0 spiro atoms. The zero-order valence-electron chi connectivity index (χ0n) is 14.9. The van der Waals surface area contributed by atoms with Crippen molar-refractivity contribution in [1.29, 1.82) is 0 Å². The molecule has 0 unspecified atom stereocenters.